The lowest BCUT2D eigenvalue weighted by Gasteiger charge is -2.26. The molecule has 2 aliphatic rings. The SMILES string of the molecule is CCC(=O)N1CCOc2c(cc(-c3cc(OC)cc(OC)c3)cc2C(=O)NCCN2CCCCC2)C1. The van der Waals surface area contributed by atoms with Crippen LogP contribution in [0.5, 0.6) is 17.2 Å². The first-order valence-corrected chi connectivity index (χ1v) is 12.8. The number of nitrogens with one attached hydrogen (secondary N) is 1. The van der Waals surface area contributed by atoms with Crippen LogP contribution in [0.15, 0.2) is 30.3 Å². The standard InChI is InChI=1S/C28H37N3O5/c1-4-26(32)31-12-13-36-27-22(19-31)14-20(21-15-23(34-2)18-24(16-21)35-3)17-25(27)28(33)29-8-11-30-9-6-5-7-10-30/h14-18H,4-13,19H2,1-3H3,(H,29,33). The molecule has 1 N–H and O–H groups in total. The summed E-state index contributed by atoms with van der Waals surface area (Å²) in [6.45, 7) is 6.66. The van der Waals surface area contributed by atoms with Crippen LogP contribution in [-0.4, -0.2) is 75.2 Å². The lowest BCUT2D eigenvalue weighted by Crippen LogP contribution is -2.37. The van der Waals surface area contributed by atoms with Gasteiger partial charge in [0, 0.05) is 37.7 Å². The molecule has 194 valence electrons. The number of hydrogen-bond acceptors (Lipinski definition) is 6. The van der Waals surface area contributed by atoms with Gasteiger partial charge in [-0.3, -0.25) is 9.59 Å². The third-order valence-corrected chi connectivity index (χ3v) is 6.88. The van der Waals surface area contributed by atoms with E-state index in [1.807, 2.05) is 37.3 Å². The number of piperidine rings is 1. The molecular weight excluding hydrogens is 458 g/mol. The van der Waals surface area contributed by atoms with Crippen molar-refractivity contribution in [2.45, 2.75) is 39.2 Å². The summed E-state index contributed by atoms with van der Waals surface area (Å²) in [4.78, 5) is 30.1. The van der Waals surface area contributed by atoms with E-state index in [-0.39, 0.29) is 11.8 Å². The van der Waals surface area contributed by atoms with E-state index in [2.05, 4.69) is 10.2 Å². The van der Waals surface area contributed by atoms with Crippen molar-refractivity contribution in [3.63, 3.8) is 0 Å². The van der Waals surface area contributed by atoms with Gasteiger partial charge in [-0.05, 0) is 61.3 Å². The molecule has 0 aliphatic carbocycles. The van der Waals surface area contributed by atoms with E-state index < -0.39 is 0 Å². The fraction of sp³-hybridized carbons (Fsp3) is 0.500. The predicted octanol–water partition coefficient (Wildman–Crippen LogP) is 3.72. The van der Waals surface area contributed by atoms with Gasteiger partial charge in [-0.15, -0.1) is 0 Å². The van der Waals surface area contributed by atoms with Crippen LogP contribution in [-0.2, 0) is 11.3 Å². The van der Waals surface area contributed by atoms with Crippen LogP contribution in [0.3, 0.4) is 0 Å². The van der Waals surface area contributed by atoms with Crippen molar-refractivity contribution >= 4 is 11.8 Å². The first-order valence-electron chi connectivity index (χ1n) is 12.8. The number of nitrogens with zero attached hydrogens (tertiary/aromatic N) is 2. The van der Waals surface area contributed by atoms with Crippen molar-refractivity contribution in [2.75, 3.05) is 53.6 Å². The maximum Gasteiger partial charge on any atom is 0.255 e. The van der Waals surface area contributed by atoms with Gasteiger partial charge < -0.3 is 29.3 Å². The summed E-state index contributed by atoms with van der Waals surface area (Å²) in [6.07, 6.45) is 4.14. The van der Waals surface area contributed by atoms with Crippen LogP contribution in [0.4, 0.5) is 0 Å². The Labute approximate surface area is 213 Å². The highest BCUT2D eigenvalue weighted by Gasteiger charge is 2.25. The Hall–Kier alpha value is -3.26. The zero-order valence-electron chi connectivity index (χ0n) is 21.6. The van der Waals surface area contributed by atoms with Crippen LogP contribution in [0, 0.1) is 0 Å². The summed E-state index contributed by atoms with van der Waals surface area (Å²) in [5, 5.41) is 3.10. The summed E-state index contributed by atoms with van der Waals surface area (Å²) >= 11 is 0. The summed E-state index contributed by atoms with van der Waals surface area (Å²) in [6, 6.07) is 9.49. The van der Waals surface area contributed by atoms with Gasteiger partial charge >= 0.3 is 0 Å². The van der Waals surface area contributed by atoms with Crippen LogP contribution in [0.1, 0.15) is 48.5 Å². The van der Waals surface area contributed by atoms with E-state index in [0.29, 0.717) is 55.5 Å². The zero-order valence-corrected chi connectivity index (χ0v) is 21.6. The second-order valence-electron chi connectivity index (χ2n) is 9.29. The predicted molar refractivity (Wildman–Crippen MR) is 139 cm³/mol. The average Bonchev–Trinajstić information content (AvgIpc) is 3.14. The minimum atomic E-state index is -0.171. The van der Waals surface area contributed by atoms with Gasteiger partial charge in [-0.1, -0.05) is 13.3 Å². The number of rotatable bonds is 8. The van der Waals surface area contributed by atoms with Crippen molar-refractivity contribution in [2.24, 2.45) is 0 Å². The number of methoxy groups -OCH3 is 2. The van der Waals surface area contributed by atoms with Crippen LogP contribution in [0.2, 0.25) is 0 Å². The monoisotopic (exact) mass is 495 g/mol. The second kappa shape index (κ2) is 12.1. The van der Waals surface area contributed by atoms with Crippen molar-refractivity contribution in [3.05, 3.63) is 41.5 Å². The van der Waals surface area contributed by atoms with Crippen molar-refractivity contribution in [1.82, 2.24) is 15.1 Å². The average molecular weight is 496 g/mol. The molecule has 0 spiro atoms. The molecule has 0 unspecified atom stereocenters. The van der Waals surface area contributed by atoms with E-state index in [0.717, 1.165) is 36.3 Å². The van der Waals surface area contributed by atoms with E-state index in [1.54, 1.807) is 19.1 Å². The first kappa shape index (κ1) is 25.8. The third kappa shape index (κ3) is 6.10. The van der Waals surface area contributed by atoms with Crippen molar-refractivity contribution in [3.8, 4) is 28.4 Å². The molecular formula is C28H37N3O5. The fourth-order valence-corrected chi connectivity index (χ4v) is 4.87. The molecule has 8 nitrogen and oxygen atoms in total. The van der Waals surface area contributed by atoms with E-state index in [9.17, 15) is 9.59 Å². The molecule has 0 bridgehead atoms. The van der Waals surface area contributed by atoms with Crippen LogP contribution < -0.4 is 19.5 Å². The minimum absolute atomic E-state index is 0.0624. The Morgan fingerprint density at radius 1 is 0.944 bits per heavy atom. The van der Waals surface area contributed by atoms with Crippen molar-refractivity contribution < 1.29 is 23.8 Å². The smallest absolute Gasteiger partial charge is 0.255 e. The van der Waals surface area contributed by atoms with Gasteiger partial charge in [-0.2, -0.15) is 0 Å². The lowest BCUT2D eigenvalue weighted by atomic mass is 9.97. The van der Waals surface area contributed by atoms with Gasteiger partial charge in [0.2, 0.25) is 5.91 Å². The molecule has 0 saturated carbocycles. The molecule has 2 aromatic rings. The summed E-state index contributed by atoms with van der Waals surface area (Å²) < 4.78 is 17.0. The largest absolute Gasteiger partial charge is 0.497 e. The highest BCUT2D eigenvalue weighted by atomic mass is 16.5. The molecule has 36 heavy (non-hydrogen) atoms. The Morgan fingerprint density at radius 3 is 2.31 bits per heavy atom. The fourth-order valence-electron chi connectivity index (χ4n) is 4.87. The van der Waals surface area contributed by atoms with Gasteiger partial charge in [0.1, 0.15) is 23.9 Å². The maximum atomic E-state index is 13.4. The number of hydrogen-bond donors (Lipinski definition) is 1. The first-order chi connectivity index (χ1) is 17.5. The van der Waals surface area contributed by atoms with E-state index >= 15 is 0 Å². The lowest BCUT2D eigenvalue weighted by molar-refractivity contribution is -0.131. The minimum Gasteiger partial charge on any atom is -0.497 e. The van der Waals surface area contributed by atoms with Gasteiger partial charge in [0.25, 0.3) is 5.91 Å². The van der Waals surface area contributed by atoms with Crippen LogP contribution >= 0.6 is 0 Å². The number of amides is 2. The molecule has 8 heteroatoms. The normalized spacial score (nSPS) is 15.9. The topological polar surface area (TPSA) is 80.3 Å². The molecule has 0 aromatic heterocycles. The second-order valence-corrected chi connectivity index (χ2v) is 9.29. The molecule has 4 rings (SSSR count). The highest BCUT2D eigenvalue weighted by molar-refractivity contribution is 5.99. The van der Waals surface area contributed by atoms with Crippen molar-refractivity contribution in [1.29, 1.82) is 0 Å². The zero-order chi connectivity index (χ0) is 25.5. The maximum absolute atomic E-state index is 13.4. The number of carbonyl (C=O) groups excluding carboxylic acids is 2. The molecule has 0 radical (unpaired) electrons. The van der Waals surface area contributed by atoms with Crippen LogP contribution in [0.25, 0.3) is 11.1 Å². The number of ether oxygens (including phenoxy) is 3. The summed E-state index contributed by atoms with van der Waals surface area (Å²) in [5.41, 5.74) is 2.99. The summed E-state index contributed by atoms with van der Waals surface area (Å²) in [7, 11) is 3.22. The Kier molecular flexibility index (Phi) is 8.70. The van der Waals surface area contributed by atoms with E-state index in [1.165, 1.54) is 19.3 Å². The number of fused-ring (bicyclic) bond motifs is 1. The Morgan fingerprint density at radius 2 is 1.64 bits per heavy atom. The molecule has 2 amide bonds. The highest BCUT2D eigenvalue weighted by Crippen LogP contribution is 2.36. The quantitative estimate of drug-likeness (QED) is 0.601. The van der Waals surface area contributed by atoms with Gasteiger partial charge in [-0.25, -0.2) is 0 Å². The molecule has 2 heterocycles. The molecule has 2 aromatic carbocycles. The number of likely N-dealkylation sites (tertiary alicyclic amines) is 1. The third-order valence-electron chi connectivity index (χ3n) is 6.88. The molecule has 1 saturated heterocycles. The molecule has 0 atom stereocenters. The summed E-state index contributed by atoms with van der Waals surface area (Å²) in [5.74, 6) is 1.76. The molecule has 2 aliphatic heterocycles. The van der Waals surface area contributed by atoms with Gasteiger partial charge in [0.15, 0.2) is 0 Å². The van der Waals surface area contributed by atoms with Gasteiger partial charge in [0.05, 0.1) is 26.3 Å². The Bertz CT molecular complexity index is 1060. The van der Waals surface area contributed by atoms with E-state index in [4.69, 9.17) is 14.2 Å². The number of carbonyl (C=O) groups is 2. The Balaban J connectivity index is 1.67. The number of benzene rings is 2. The molecule has 1 fully saturated rings.